The third-order valence-corrected chi connectivity index (χ3v) is 4.49. The summed E-state index contributed by atoms with van der Waals surface area (Å²) in [7, 11) is 1.59. The fraction of sp³-hybridized carbons (Fsp3) is 0.273. The van der Waals surface area contributed by atoms with Crippen molar-refractivity contribution in [3.05, 3.63) is 65.7 Å². The number of esters is 1. The van der Waals surface area contributed by atoms with Crippen molar-refractivity contribution >= 4 is 23.4 Å². The highest BCUT2D eigenvalue weighted by Crippen LogP contribution is 2.27. The Kier molecular flexibility index (Phi) is 5.84. The van der Waals surface area contributed by atoms with E-state index in [4.69, 9.17) is 9.47 Å². The van der Waals surface area contributed by atoms with Gasteiger partial charge in [0.05, 0.1) is 12.7 Å². The third kappa shape index (κ3) is 4.20. The monoisotopic (exact) mass is 350 g/mol. The van der Waals surface area contributed by atoms with E-state index in [-0.39, 0.29) is 5.78 Å². The zero-order valence-electron chi connectivity index (χ0n) is 14.8. The Bertz CT molecular complexity index is 808. The Morgan fingerprint density at radius 1 is 1.04 bits per heavy atom. The summed E-state index contributed by atoms with van der Waals surface area (Å²) in [5.74, 6) is 0.194. The molecule has 3 rings (SSSR count). The summed E-state index contributed by atoms with van der Waals surface area (Å²) in [5, 5.41) is 0. The van der Waals surface area contributed by atoms with E-state index in [9.17, 15) is 9.59 Å². The number of Topliss-reactive ketones (excluding diaryl/α,β-unsaturated/α-hetero) is 1. The summed E-state index contributed by atoms with van der Waals surface area (Å²) < 4.78 is 10.9. The molecule has 134 valence electrons. The molecule has 2 aromatic rings. The molecule has 0 aliphatic heterocycles. The van der Waals surface area contributed by atoms with Crippen LogP contribution in [0.2, 0.25) is 0 Å². The van der Waals surface area contributed by atoms with E-state index >= 15 is 0 Å². The van der Waals surface area contributed by atoms with Gasteiger partial charge in [-0.05, 0) is 37.0 Å². The van der Waals surface area contributed by atoms with Crippen molar-refractivity contribution in [2.75, 3.05) is 7.11 Å². The van der Waals surface area contributed by atoms with E-state index in [2.05, 4.69) is 0 Å². The highest BCUT2D eigenvalue weighted by molar-refractivity contribution is 6.22. The van der Waals surface area contributed by atoms with E-state index in [1.807, 2.05) is 54.6 Å². The van der Waals surface area contributed by atoms with Gasteiger partial charge in [-0.2, -0.15) is 0 Å². The normalized spacial score (nSPS) is 17.7. The molecule has 1 saturated carbocycles. The van der Waals surface area contributed by atoms with Crippen LogP contribution >= 0.6 is 0 Å². The average molecular weight is 350 g/mol. The first kappa shape index (κ1) is 17.9. The maximum atomic E-state index is 12.9. The molecule has 1 unspecified atom stereocenters. The quantitative estimate of drug-likeness (QED) is 0.458. The molecule has 1 aliphatic carbocycles. The fourth-order valence-corrected chi connectivity index (χ4v) is 3.09. The summed E-state index contributed by atoms with van der Waals surface area (Å²) in [5.41, 5.74) is 1.93. The minimum Gasteiger partial charge on any atom is -0.496 e. The molecule has 0 saturated heterocycles. The molecule has 0 N–H and O–H groups in total. The topological polar surface area (TPSA) is 52.6 Å². The van der Waals surface area contributed by atoms with Gasteiger partial charge in [0.15, 0.2) is 11.9 Å². The molecule has 4 heteroatoms. The smallest absolute Gasteiger partial charge is 0.339 e. The van der Waals surface area contributed by atoms with Crippen molar-refractivity contribution in [1.82, 2.24) is 0 Å². The molecule has 0 heterocycles. The highest BCUT2D eigenvalue weighted by atomic mass is 16.5. The predicted octanol–water partition coefficient (Wildman–Crippen LogP) is 4.29. The molecule has 0 spiro atoms. The summed E-state index contributed by atoms with van der Waals surface area (Å²) in [6.07, 6.45) is 3.97. The van der Waals surface area contributed by atoms with Gasteiger partial charge < -0.3 is 9.47 Å². The zero-order valence-corrected chi connectivity index (χ0v) is 14.8. The Balaban J connectivity index is 1.94. The third-order valence-electron chi connectivity index (χ3n) is 4.49. The number of methoxy groups -OCH3 is 1. The number of hydrogen-bond donors (Lipinski definition) is 0. The summed E-state index contributed by atoms with van der Waals surface area (Å²) >= 11 is 0. The molecular formula is C22H22O4. The predicted molar refractivity (Wildman–Crippen MR) is 101 cm³/mol. The number of benzene rings is 2. The number of carbonyl (C=O) groups excluding carboxylic acids is 2. The van der Waals surface area contributed by atoms with Crippen LogP contribution in [-0.2, 0) is 14.3 Å². The van der Waals surface area contributed by atoms with Crippen LogP contribution in [0, 0.1) is 0 Å². The van der Waals surface area contributed by atoms with Gasteiger partial charge in [0.1, 0.15) is 5.75 Å². The van der Waals surface area contributed by atoms with Crippen LogP contribution in [0.4, 0.5) is 0 Å². The summed E-state index contributed by atoms with van der Waals surface area (Å²) in [6.45, 7) is 0. The number of para-hydroxylation sites is 1. The number of ketones is 1. The Labute approximate surface area is 153 Å². The maximum absolute atomic E-state index is 12.9. The Morgan fingerprint density at radius 2 is 1.77 bits per heavy atom. The van der Waals surface area contributed by atoms with Gasteiger partial charge in [0, 0.05) is 12.0 Å². The van der Waals surface area contributed by atoms with Gasteiger partial charge in [0.25, 0.3) is 0 Å². The first-order chi connectivity index (χ1) is 12.7. The average Bonchev–Trinajstić information content (AvgIpc) is 2.68. The van der Waals surface area contributed by atoms with Crippen molar-refractivity contribution in [3.8, 4) is 5.75 Å². The second kappa shape index (κ2) is 8.48. The zero-order chi connectivity index (χ0) is 18.4. The van der Waals surface area contributed by atoms with Gasteiger partial charge in [-0.1, -0.05) is 48.5 Å². The van der Waals surface area contributed by atoms with E-state index in [1.165, 1.54) is 0 Å². The summed E-state index contributed by atoms with van der Waals surface area (Å²) in [4.78, 5) is 24.9. The molecule has 1 aliphatic rings. The van der Waals surface area contributed by atoms with Crippen molar-refractivity contribution < 1.29 is 19.1 Å². The van der Waals surface area contributed by atoms with Crippen molar-refractivity contribution in [3.63, 3.8) is 0 Å². The lowest BCUT2D eigenvalue weighted by molar-refractivity contribution is -0.151. The molecule has 0 amide bonds. The van der Waals surface area contributed by atoms with E-state index in [1.54, 1.807) is 13.2 Å². The van der Waals surface area contributed by atoms with Crippen LogP contribution in [0.25, 0.3) is 11.6 Å². The molecule has 4 nitrogen and oxygen atoms in total. The lowest BCUT2D eigenvalue weighted by Gasteiger charge is -2.21. The second-order valence-electron chi connectivity index (χ2n) is 6.27. The summed E-state index contributed by atoms with van der Waals surface area (Å²) in [6, 6.07) is 16.8. The van der Waals surface area contributed by atoms with E-state index < -0.39 is 12.1 Å². The van der Waals surface area contributed by atoms with E-state index in [0.717, 1.165) is 24.0 Å². The largest absolute Gasteiger partial charge is 0.496 e. The molecule has 1 fully saturated rings. The molecule has 26 heavy (non-hydrogen) atoms. The lowest BCUT2D eigenvalue weighted by atomic mass is 9.96. The van der Waals surface area contributed by atoms with Crippen LogP contribution in [0.5, 0.6) is 5.75 Å². The van der Waals surface area contributed by atoms with Crippen LogP contribution in [0.1, 0.15) is 36.8 Å². The lowest BCUT2D eigenvalue weighted by Crippen LogP contribution is -2.30. The molecule has 0 aromatic heterocycles. The van der Waals surface area contributed by atoms with E-state index in [0.29, 0.717) is 24.2 Å². The Morgan fingerprint density at radius 3 is 2.50 bits per heavy atom. The van der Waals surface area contributed by atoms with Gasteiger partial charge in [0.2, 0.25) is 0 Å². The molecule has 1 atom stereocenters. The number of hydrogen-bond acceptors (Lipinski definition) is 4. The van der Waals surface area contributed by atoms with Crippen LogP contribution in [0.15, 0.2) is 54.6 Å². The molecule has 0 radical (unpaired) electrons. The van der Waals surface area contributed by atoms with Gasteiger partial charge >= 0.3 is 5.97 Å². The minimum absolute atomic E-state index is 0.00861. The first-order valence-corrected chi connectivity index (χ1v) is 8.83. The van der Waals surface area contributed by atoms with Crippen LogP contribution < -0.4 is 4.74 Å². The second-order valence-corrected chi connectivity index (χ2v) is 6.27. The van der Waals surface area contributed by atoms with Crippen LogP contribution in [-0.4, -0.2) is 25.0 Å². The van der Waals surface area contributed by atoms with Gasteiger partial charge in [-0.3, -0.25) is 4.79 Å². The molecular weight excluding hydrogens is 328 g/mol. The van der Waals surface area contributed by atoms with Crippen molar-refractivity contribution in [1.29, 1.82) is 0 Å². The number of carbonyl (C=O) groups is 2. The highest BCUT2D eigenvalue weighted by Gasteiger charge is 2.27. The van der Waals surface area contributed by atoms with Crippen molar-refractivity contribution in [2.45, 2.75) is 31.8 Å². The number of rotatable bonds is 5. The van der Waals surface area contributed by atoms with Crippen LogP contribution in [0.3, 0.4) is 0 Å². The maximum Gasteiger partial charge on any atom is 0.339 e. The number of ether oxygens (including phenoxy) is 2. The minimum atomic E-state index is -0.638. The standard InChI is InChI=1S/C22H22O4/c1-25-20-13-7-5-11-17(20)15-18(16-9-3-2-4-10-16)22(24)26-21-14-8-6-12-19(21)23/h2-5,7,9-11,13,15,21H,6,8,12,14H2,1H3. The fourth-order valence-electron chi connectivity index (χ4n) is 3.09. The van der Waals surface area contributed by atoms with Crippen molar-refractivity contribution in [2.24, 2.45) is 0 Å². The molecule has 2 aromatic carbocycles. The molecule has 0 bridgehead atoms. The Hall–Kier alpha value is -2.88. The van der Waals surface area contributed by atoms with Gasteiger partial charge in [-0.25, -0.2) is 4.79 Å². The first-order valence-electron chi connectivity index (χ1n) is 8.83. The van der Waals surface area contributed by atoms with Gasteiger partial charge in [-0.15, -0.1) is 0 Å². The SMILES string of the molecule is COc1ccccc1C=C(C(=O)OC1CCCCC1=O)c1ccccc1.